The fourth-order valence-electron chi connectivity index (χ4n) is 1.21. The number of aromatic nitrogens is 1. The van der Waals surface area contributed by atoms with E-state index in [1.807, 2.05) is 6.20 Å². The third-order valence-electron chi connectivity index (χ3n) is 1.77. The zero-order chi connectivity index (χ0) is 7.68. The smallest absolute Gasteiger partial charge is 0.0735 e. The summed E-state index contributed by atoms with van der Waals surface area (Å²) in [7, 11) is 0. The van der Waals surface area contributed by atoms with E-state index in [0.717, 1.165) is 19.6 Å². The lowest BCUT2D eigenvalue weighted by molar-refractivity contribution is 0.109. The Bertz CT molecular complexity index is 275. The van der Waals surface area contributed by atoms with Gasteiger partial charge in [0.25, 0.3) is 0 Å². The molecule has 0 N–H and O–H groups in total. The Hall–Kier alpha value is -0.160. The fourth-order valence-corrected chi connectivity index (χ4v) is 1.73. The van der Waals surface area contributed by atoms with Crippen molar-refractivity contribution in [3.05, 3.63) is 27.1 Å². The van der Waals surface area contributed by atoms with Gasteiger partial charge in [-0.3, -0.25) is 4.98 Å². The number of ether oxygens (including phenoxy) is 1. The normalized spacial score (nSPS) is 16.1. The number of halogens is 1. The van der Waals surface area contributed by atoms with E-state index in [4.69, 9.17) is 4.74 Å². The Morgan fingerprint density at radius 2 is 2.45 bits per heavy atom. The highest BCUT2D eigenvalue weighted by Crippen LogP contribution is 2.16. The highest BCUT2D eigenvalue weighted by molar-refractivity contribution is 14.1. The molecule has 3 heteroatoms. The highest BCUT2D eigenvalue weighted by Gasteiger charge is 2.09. The minimum atomic E-state index is 0.735. The van der Waals surface area contributed by atoms with Crippen LogP contribution in [0.1, 0.15) is 11.3 Å². The molecular weight excluding hydrogens is 253 g/mol. The molecule has 0 radical (unpaired) electrons. The van der Waals surface area contributed by atoms with Crippen LogP contribution in [-0.4, -0.2) is 11.6 Å². The molecule has 0 aliphatic carbocycles. The van der Waals surface area contributed by atoms with Gasteiger partial charge in [-0.2, -0.15) is 0 Å². The van der Waals surface area contributed by atoms with Crippen molar-refractivity contribution in [1.29, 1.82) is 0 Å². The molecule has 0 spiro atoms. The van der Waals surface area contributed by atoms with Crippen LogP contribution in [0.15, 0.2) is 12.3 Å². The number of pyridine rings is 1. The van der Waals surface area contributed by atoms with Gasteiger partial charge in [0.05, 0.1) is 13.2 Å². The second kappa shape index (κ2) is 3.06. The fraction of sp³-hybridized carbons (Fsp3) is 0.375. The molecule has 1 aromatic rings. The molecule has 0 aromatic carbocycles. The molecule has 2 rings (SSSR count). The summed E-state index contributed by atoms with van der Waals surface area (Å²) in [6, 6.07) is 2.14. The van der Waals surface area contributed by atoms with Crippen LogP contribution in [0.4, 0.5) is 0 Å². The maximum atomic E-state index is 5.31. The third kappa shape index (κ3) is 1.54. The van der Waals surface area contributed by atoms with Gasteiger partial charge in [0, 0.05) is 27.4 Å². The first-order chi connectivity index (χ1) is 5.36. The summed E-state index contributed by atoms with van der Waals surface area (Å²) < 4.78 is 6.49. The summed E-state index contributed by atoms with van der Waals surface area (Å²) in [4.78, 5) is 4.33. The number of nitrogens with zero attached hydrogens (tertiary/aromatic N) is 1. The summed E-state index contributed by atoms with van der Waals surface area (Å²) in [6.45, 7) is 1.56. The zero-order valence-corrected chi connectivity index (χ0v) is 8.17. The summed E-state index contributed by atoms with van der Waals surface area (Å²) in [5, 5.41) is 0. The van der Waals surface area contributed by atoms with E-state index in [2.05, 4.69) is 33.6 Å². The van der Waals surface area contributed by atoms with Gasteiger partial charge in [-0.1, -0.05) is 0 Å². The lowest BCUT2D eigenvalue weighted by Gasteiger charge is -2.14. The van der Waals surface area contributed by atoms with E-state index >= 15 is 0 Å². The first kappa shape index (κ1) is 7.49. The van der Waals surface area contributed by atoms with Crippen molar-refractivity contribution in [1.82, 2.24) is 4.98 Å². The van der Waals surface area contributed by atoms with E-state index in [9.17, 15) is 0 Å². The Morgan fingerprint density at radius 1 is 1.55 bits per heavy atom. The lowest BCUT2D eigenvalue weighted by Crippen LogP contribution is -2.11. The molecule has 58 valence electrons. The molecule has 0 fully saturated rings. The topological polar surface area (TPSA) is 22.1 Å². The number of fused-ring (bicyclic) bond motifs is 1. The molecule has 1 aromatic heterocycles. The van der Waals surface area contributed by atoms with Gasteiger partial charge in [-0.05, 0) is 28.7 Å². The second-order valence-electron chi connectivity index (χ2n) is 2.56. The highest BCUT2D eigenvalue weighted by atomic mass is 127. The van der Waals surface area contributed by atoms with Crippen molar-refractivity contribution in [2.24, 2.45) is 0 Å². The van der Waals surface area contributed by atoms with Gasteiger partial charge in [0.1, 0.15) is 0 Å². The van der Waals surface area contributed by atoms with Crippen LogP contribution in [0.3, 0.4) is 0 Å². The SMILES string of the molecule is Ic1cnc2c(c1)COCC2. The van der Waals surface area contributed by atoms with Crippen LogP contribution in [-0.2, 0) is 17.8 Å². The van der Waals surface area contributed by atoms with Crippen molar-refractivity contribution in [2.45, 2.75) is 13.0 Å². The minimum Gasteiger partial charge on any atom is -0.376 e. The molecule has 0 saturated heterocycles. The van der Waals surface area contributed by atoms with Crippen LogP contribution in [0.2, 0.25) is 0 Å². The largest absolute Gasteiger partial charge is 0.376 e. The van der Waals surface area contributed by atoms with Crippen LogP contribution >= 0.6 is 22.6 Å². The summed E-state index contributed by atoms with van der Waals surface area (Å²) in [5.74, 6) is 0. The van der Waals surface area contributed by atoms with Crippen LogP contribution in [0.5, 0.6) is 0 Å². The van der Waals surface area contributed by atoms with Crippen molar-refractivity contribution in [3.63, 3.8) is 0 Å². The van der Waals surface area contributed by atoms with E-state index in [0.29, 0.717) is 0 Å². The standard InChI is InChI=1S/C8H8INO/c9-7-3-6-5-11-2-1-8(6)10-4-7/h3-4H,1-2,5H2. The summed E-state index contributed by atoms with van der Waals surface area (Å²) in [6.07, 6.45) is 2.87. The van der Waals surface area contributed by atoms with Crippen molar-refractivity contribution < 1.29 is 4.74 Å². The number of hydrogen-bond acceptors (Lipinski definition) is 2. The summed E-state index contributed by atoms with van der Waals surface area (Å²) in [5.41, 5.74) is 2.46. The summed E-state index contributed by atoms with van der Waals surface area (Å²) >= 11 is 2.27. The lowest BCUT2D eigenvalue weighted by atomic mass is 10.1. The van der Waals surface area contributed by atoms with Gasteiger partial charge in [0.2, 0.25) is 0 Å². The molecular formula is C8H8INO. The van der Waals surface area contributed by atoms with Gasteiger partial charge in [-0.15, -0.1) is 0 Å². The molecule has 1 aliphatic rings. The average molecular weight is 261 g/mol. The van der Waals surface area contributed by atoms with E-state index < -0.39 is 0 Å². The molecule has 11 heavy (non-hydrogen) atoms. The molecule has 0 amide bonds. The maximum absolute atomic E-state index is 5.31. The minimum absolute atomic E-state index is 0.735. The molecule has 1 aliphatic heterocycles. The van der Waals surface area contributed by atoms with Gasteiger partial charge >= 0.3 is 0 Å². The zero-order valence-electron chi connectivity index (χ0n) is 6.01. The van der Waals surface area contributed by atoms with E-state index in [-0.39, 0.29) is 0 Å². The second-order valence-corrected chi connectivity index (χ2v) is 3.81. The molecule has 0 saturated carbocycles. The predicted molar refractivity (Wildman–Crippen MR) is 50.3 cm³/mol. The van der Waals surface area contributed by atoms with Crippen molar-refractivity contribution in [3.8, 4) is 0 Å². The molecule has 0 bridgehead atoms. The third-order valence-corrected chi connectivity index (χ3v) is 2.36. The molecule has 0 unspecified atom stereocenters. The first-order valence-electron chi connectivity index (χ1n) is 3.57. The molecule has 2 heterocycles. The van der Waals surface area contributed by atoms with Crippen LogP contribution < -0.4 is 0 Å². The van der Waals surface area contributed by atoms with Crippen molar-refractivity contribution >= 4 is 22.6 Å². The van der Waals surface area contributed by atoms with E-state index in [1.165, 1.54) is 14.8 Å². The van der Waals surface area contributed by atoms with Crippen molar-refractivity contribution in [2.75, 3.05) is 6.61 Å². The molecule has 0 atom stereocenters. The number of rotatable bonds is 0. The number of hydrogen-bond donors (Lipinski definition) is 0. The quantitative estimate of drug-likeness (QED) is 0.664. The first-order valence-corrected chi connectivity index (χ1v) is 4.65. The Morgan fingerprint density at radius 3 is 3.36 bits per heavy atom. The Labute approximate surface area is 79.1 Å². The monoisotopic (exact) mass is 261 g/mol. The maximum Gasteiger partial charge on any atom is 0.0735 e. The van der Waals surface area contributed by atoms with Gasteiger partial charge in [-0.25, -0.2) is 0 Å². The molecule has 2 nitrogen and oxygen atoms in total. The van der Waals surface area contributed by atoms with Gasteiger partial charge in [0.15, 0.2) is 0 Å². The van der Waals surface area contributed by atoms with Crippen LogP contribution in [0.25, 0.3) is 0 Å². The average Bonchev–Trinajstić information content (AvgIpc) is 2.04. The van der Waals surface area contributed by atoms with E-state index in [1.54, 1.807) is 0 Å². The Balaban J connectivity index is 2.43. The predicted octanol–water partition coefficient (Wildman–Crippen LogP) is 1.76. The van der Waals surface area contributed by atoms with Crippen LogP contribution in [0, 0.1) is 3.57 Å². The Kier molecular flexibility index (Phi) is 2.09. The van der Waals surface area contributed by atoms with Gasteiger partial charge < -0.3 is 4.74 Å².